The third-order valence-electron chi connectivity index (χ3n) is 10.7. The Morgan fingerprint density at radius 2 is 0.820 bits per heavy atom. The van der Waals surface area contributed by atoms with Gasteiger partial charge in [0.05, 0.1) is 136 Å². The van der Waals surface area contributed by atoms with E-state index in [0.29, 0.717) is 73.9 Å². The van der Waals surface area contributed by atoms with Crippen LogP contribution in [0.2, 0.25) is 0 Å². The number of ether oxygens (including phenoxy) is 2. The van der Waals surface area contributed by atoms with Gasteiger partial charge in [-0.15, -0.1) is 0 Å². The standard InChI is InChI=1S/2C16H24N2O6S/c2*1-18(2,8-3-4-10-25(21,22)23)9-7-17-15(19)13-11-5-6-12(24-11)14(13)16(17)20/h2*5-6,11-14H,3-4,7-10H2,1-2H3/t2*11?,12?,13-,14+. The van der Waals surface area contributed by atoms with Gasteiger partial charge >= 0.3 is 0 Å². The van der Waals surface area contributed by atoms with Crippen LogP contribution in [-0.2, 0) is 48.9 Å². The first-order chi connectivity index (χ1) is 23.2. The van der Waals surface area contributed by atoms with Gasteiger partial charge in [0.15, 0.2) is 0 Å². The first-order valence-electron chi connectivity index (χ1n) is 17.1. The molecule has 6 aliphatic heterocycles. The van der Waals surface area contributed by atoms with E-state index in [9.17, 15) is 45.1 Å². The second kappa shape index (κ2) is 14.4. The molecule has 4 bridgehead atoms. The smallest absolute Gasteiger partial charge is 0.236 e. The van der Waals surface area contributed by atoms with Crippen molar-refractivity contribution in [3.05, 3.63) is 24.3 Å². The molecule has 0 aromatic heterocycles. The van der Waals surface area contributed by atoms with Crippen molar-refractivity contribution < 1.29 is 63.6 Å². The highest BCUT2D eigenvalue weighted by molar-refractivity contribution is 7.85. The molecule has 18 heteroatoms. The number of carbonyl (C=O) groups excluding carboxylic acids is 4. The van der Waals surface area contributed by atoms with Gasteiger partial charge in [-0.2, -0.15) is 0 Å². The van der Waals surface area contributed by atoms with Gasteiger partial charge in [0.1, 0.15) is 0 Å². The number of hydrogen-bond acceptors (Lipinski definition) is 12. The number of nitrogens with zero attached hydrogens (tertiary/aromatic N) is 4. The maximum atomic E-state index is 12.6. The number of rotatable bonds is 16. The van der Waals surface area contributed by atoms with Crippen molar-refractivity contribution in [3.63, 3.8) is 0 Å². The monoisotopic (exact) mass is 744 g/mol. The van der Waals surface area contributed by atoms with E-state index in [1.165, 1.54) is 9.80 Å². The van der Waals surface area contributed by atoms with Crippen LogP contribution in [0.5, 0.6) is 0 Å². The van der Waals surface area contributed by atoms with Gasteiger partial charge < -0.3 is 27.5 Å². The Balaban J connectivity index is 0.000000194. The first-order valence-corrected chi connectivity index (χ1v) is 20.2. The number of quaternary nitrogens is 2. The molecule has 16 nitrogen and oxygen atoms in total. The second-order valence-electron chi connectivity index (χ2n) is 15.4. The van der Waals surface area contributed by atoms with Crippen LogP contribution in [0.3, 0.4) is 0 Å². The fraction of sp³-hybridized carbons (Fsp3) is 0.750. The Bertz CT molecular complexity index is 1460. The van der Waals surface area contributed by atoms with Crippen molar-refractivity contribution in [1.82, 2.24) is 9.80 Å². The predicted molar refractivity (Wildman–Crippen MR) is 174 cm³/mol. The molecule has 8 atom stereocenters. The average Bonchev–Trinajstić information content (AvgIpc) is 3.85. The van der Waals surface area contributed by atoms with Gasteiger partial charge in [-0.3, -0.25) is 29.0 Å². The number of carbonyl (C=O) groups is 4. The summed E-state index contributed by atoms with van der Waals surface area (Å²) in [6.45, 7) is 3.21. The van der Waals surface area contributed by atoms with Crippen molar-refractivity contribution in [2.75, 3.05) is 79.0 Å². The normalized spacial score (nSPS) is 31.2. The van der Waals surface area contributed by atoms with Crippen LogP contribution >= 0.6 is 0 Å². The minimum Gasteiger partial charge on any atom is -0.748 e. The quantitative estimate of drug-likeness (QED) is 0.0592. The highest BCUT2D eigenvalue weighted by Gasteiger charge is 2.61. The van der Waals surface area contributed by atoms with Crippen molar-refractivity contribution in [2.45, 2.75) is 50.1 Å². The highest BCUT2D eigenvalue weighted by Crippen LogP contribution is 2.46. The molecule has 50 heavy (non-hydrogen) atoms. The molecule has 4 unspecified atom stereocenters. The zero-order chi connectivity index (χ0) is 36.8. The Labute approximate surface area is 293 Å². The van der Waals surface area contributed by atoms with Gasteiger partial charge in [-0.05, 0) is 25.7 Å². The molecule has 6 aliphatic rings. The second-order valence-corrected chi connectivity index (χ2v) is 18.4. The molecule has 4 saturated heterocycles. The third kappa shape index (κ3) is 8.71. The van der Waals surface area contributed by atoms with E-state index in [0.717, 1.165) is 0 Å². The number of hydrogen-bond donors (Lipinski definition) is 0. The molecule has 0 aromatic carbocycles. The molecule has 280 valence electrons. The van der Waals surface area contributed by atoms with Crippen LogP contribution in [0.25, 0.3) is 0 Å². The van der Waals surface area contributed by atoms with Crippen molar-refractivity contribution in [2.24, 2.45) is 23.7 Å². The van der Waals surface area contributed by atoms with E-state index in [2.05, 4.69) is 0 Å². The average molecular weight is 745 g/mol. The summed E-state index contributed by atoms with van der Waals surface area (Å²) >= 11 is 0. The van der Waals surface area contributed by atoms with Crippen LogP contribution in [0.4, 0.5) is 0 Å². The number of imide groups is 2. The number of unbranched alkanes of at least 4 members (excludes halogenated alkanes) is 2. The lowest BCUT2D eigenvalue weighted by atomic mass is 9.85. The summed E-state index contributed by atoms with van der Waals surface area (Å²) in [6.07, 6.45) is 8.23. The molecule has 6 rings (SSSR count). The van der Waals surface area contributed by atoms with E-state index >= 15 is 0 Å². The Hall–Kier alpha value is -2.58. The van der Waals surface area contributed by atoms with E-state index < -0.39 is 20.2 Å². The van der Waals surface area contributed by atoms with Gasteiger partial charge in [0.25, 0.3) is 0 Å². The first kappa shape index (κ1) is 38.6. The summed E-state index contributed by atoms with van der Waals surface area (Å²) in [4.78, 5) is 52.9. The molecule has 0 aromatic rings. The number of likely N-dealkylation sites (N-methyl/N-ethyl adjacent to an activating group) is 2. The van der Waals surface area contributed by atoms with Crippen molar-refractivity contribution >= 4 is 43.9 Å². The van der Waals surface area contributed by atoms with Crippen LogP contribution in [0.15, 0.2) is 24.3 Å². The molecule has 4 fully saturated rings. The topological polar surface area (TPSA) is 208 Å². The van der Waals surface area contributed by atoms with E-state index in [1.807, 2.05) is 52.5 Å². The minimum absolute atomic E-state index is 0.149. The molecular weight excluding hydrogens is 697 g/mol. The summed E-state index contributed by atoms with van der Waals surface area (Å²) in [7, 11) is -0.478. The number of fused-ring (bicyclic) bond motifs is 10. The lowest BCUT2D eigenvalue weighted by molar-refractivity contribution is -0.889. The van der Waals surface area contributed by atoms with Crippen molar-refractivity contribution in [3.8, 4) is 0 Å². The summed E-state index contributed by atoms with van der Waals surface area (Å²) < 4.78 is 76.1. The molecule has 0 saturated carbocycles. The summed E-state index contributed by atoms with van der Waals surface area (Å²) in [5.41, 5.74) is 0. The Morgan fingerprint density at radius 3 is 1.08 bits per heavy atom. The van der Waals surface area contributed by atoms with Crippen LogP contribution < -0.4 is 0 Å². The maximum absolute atomic E-state index is 12.6. The van der Waals surface area contributed by atoms with Crippen LogP contribution in [0, 0.1) is 23.7 Å². The van der Waals surface area contributed by atoms with Crippen LogP contribution in [0.1, 0.15) is 25.7 Å². The molecular formula is C32H48N4O12S2. The molecule has 0 spiro atoms. The lowest BCUT2D eigenvalue weighted by Crippen LogP contribution is -2.48. The van der Waals surface area contributed by atoms with Crippen molar-refractivity contribution in [1.29, 1.82) is 0 Å². The molecule has 0 N–H and O–H groups in total. The van der Waals surface area contributed by atoms with Gasteiger partial charge in [-0.25, -0.2) is 16.8 Å². The van der Waals surface area contributed by atoms with Gasteiger partial charge in [-0.1, -0.05) is 24.3 Å². The Morgan fingerprint density at radius 1 is 0.540 bits per heavy atom. The predicted octanol–water partition coefficient (Wildman–Crippen LogP) is -1.35. The zero-order valence-electron chi connectivity index (χ0n) is 28.9. The summed E-state index contributed by atoms with van der Waals surface area (Å²) in [5, 5.41) is 0. The third-order valence-corrected chi connectivity index (χ3v) is 12.3. The highest BCUT2D eigenvalue weighted by atomic mass is 32.2. The largest absolute Gasteiger partial charge is 0.748 e. The molecule has 6 heterocycles. The summed E-state index contributed by atoms with van der Waals surface area (Å²) in [6, 6.07) is 0. The SMILES string of the molecule is C[N+](C)(CCCCS(=O)(=O)[O-])CCN1C(=O)[C@@H]2C3C=CC(O3)[C@@H]2C1=O.C[N+](C)(CCCCS(=O)(=O)[O-])CCN1C(=O)[C@@H]2C3C=CC(O3)[C@@H]2C1=O. The number of likely N-dealkylation sites (tertiary alicyclic amines) is 2. The number of amides is 4. The zero-order valence-corrected chi connectivity index (χ0v) is 30.6. The molecule has 0 aliphatic carbocycles. The van der Waals surface area contributed by atoms with E-state index in [-0.39, 0.29) is 83.2 Å². The maximum Gasteiger partial charge on any atom is 0.236 e. The van der Waals surface area contributed by atoms with Crippen LogP contribution in [-0.4, -0.2) is 172 Å². The molecule has 4 amide bonds. The van der Waals surface area contributed by atoms with Gasteiger partial charge in [0.2, 0.25) is 23.6 Å². The molecule has 0 radical (unpaired) electrons. The van der Waals surface area contributed by atoms with E-state index in [1.54, 1.807) is 0 Å². The fourth-order valence-electron chi connectivity index (χ4n) is 7.77. The minimum atomic E-state index is -4.17. The Kier molecular flexibility index (Phi) is 11.2. The lowest BCUT2D eigenvalue weighted by Gasteiger charge is -2.31. The van der Waals surface area contributed by atoms with E-state index in [4.69, 9.17) is 9.47 Å². The van der Waals surface area contributed by atoms with Gasteiger partial charge in [0, 0.05) is 11.5 Å². The fourth-order valence-corrected chi connectivity index (χ4v) is 8.89. The summed E-state index contributed by atoms with van der Waals surface area (Å²) in [5.74, 6) is -2.80.